The first kappa shape index (κ1) is 12.0. The predicted molar refractivity (Wildman–Crippen MR) is 68.1 cm³/mol. The van der Waals surface area contributed by atoms with E-state index in [0.717, 1.165) is 10.4 Å². The van der Waals surface area contributed by atoms with E-state index in [1.807, 2.05) is 26.0 Å². The topological polar surface area (TPSA) is 47.9 Å². The van der Waals surface area contributed by atoms with Crippen molar-refractivity contribution in [2.75, 3.05) is 0 Å². The molecule has 88 valence electrons. The fourth-order valence-electron chi connectivity index (χ4n) is 1.25. The normalized spacial score (nSPS) is 10.6. The van der Waals surface area contributed by atoms with E-state index < -0.39 is 0 Å². The van der Waals surface area contributed by atoms with Gasteiger partial charge >= 0.3 is 0 Å². The van der Waals surface area contributed by atoms with Crippen molar-refractivity contribution < 1.29 is 4.74 Å². The van der Waals surface area contributed by atoms with E-state index in [2.05, 4.69) is 30.9 Å². The zero-order valence-electron chi connectivity index (χ0n) is 9.59. The third-order valence-electron chi connectivity index (χ3n) is 2.06. The number of aromatic nitrogens is 3. The standard InChI is InChI=1S/C12H12BrN3O/c1-8(2)12-15-10(13)6-11(16-12)17-9-4-3-5-14-7-9/h3-8H,1-2H3. The molecule has 5 heteroatoms. The van der Waals surface area contributed by atoms with Gasteiger partial charge < -0.3 is 4.74 Å². The Morgan fingerprint density at radius 3 is 2.76 bits per heavy atom. The van der Waals surface area contributed by atoms with Gasteiger partial charge in [-0.1, -0.05) is 13.8 Å². The fourth-order valence-corrected chi connectivity index (χ4v) is 1.63. The van der Waals surface area contributed by atoms with E-state index in [9.17, 15) is 0 Å². The van der Waals surface area contributed by atoms with E-state index >= 15 is 0 Å². The van der Waals surface area contributed by atoms with Crippen molar-refractivity contribution in [1.82, 2.24) is 15.0 Å². The highest BCUT2D eigenvalue weighted by atomic mass is 79.9. The molecule has 17 heavy (non-hydrogen) atoms. The van der Waals surface area contributed by atoms with Gasteiger partial charge in [0, 0.05) is 18.2 Å². The summed E-state index contributed by atoms with van der Waals surface area (Å²) in [5, 5.41) is 0. The highest BCUT2D eigenvalue weighted by Gasteiger charge is 2.08. The van der Waals surface area contributed by atoms with Crippen LogP contribution in [0.3, 0.4) is 0 Å². The van der Waals surface area contributed by atoms with Gasteiger partial charge in [-0.15, -0.1) is 0 Å². The van der Waals surface area contributed by atoms with Gasteiger partial charge in [0.2, 0.25) is 5.88 Å². The van der Waals surface area contributed by atoms with Gasteiger partial charge in [-0.3, -0.25) is 4.98 Å². The SMILES string of the molecule is CC(C)c1nc(Br)cc(Oc2cccnc2)n1. The Morgan fingerprint density at radius 2 is 2.12 bits per heavy atom. The second kappa shape index (κ2) is 5.23. The molecule has 0 spiro atoms. The maximum atomic E-state index is 5.61. The quantitative estimate of drug-likeness (QED) is 0.812. The number of ether oxygens (including phenoxy) is 1. The van der Waals surface area contributed by atoms with Gasteiger partial charge in [0.15, 0.2) is 0 Å². The first-order valence-corrected chi connectivity index (χ1v) is 6.07. The summed E-state index contributed by atoms with van der Waals surface area (Å²) < 4.78 is 6.32. The van der Waals surface area contributed by atoms with Gasteiger partial charge in [0.05, 0.1) is 6.20 Å². The molecule has 4 nitrogen and oxygen atoms in total. The minimum atomic E-state index is 0.253. The monoisotopic (exact) mass is 293 g/mol. The summed E-state index contributed by atoms with van der Waals surface area (Å²) in [4.78, 5) is 12.6. The summed E-state index contributed by atoms with van der Waals surface area (Å²) in [7, 11) is 0. The maximum absolute atomic E-state index is 5.61. The summed E-state index contributed by atoms with van der Waals surface area (Å²) in [6.45, 7) is 4.07. The fraction of sp³-hybridized carbons (Fsp3) is 0.250. The summed E-state index contributed by atoms with van der Waals surface area (Å²) in [5.74, 6) is 2.18. The third kappa shape index (κ3) is 3.23. The van der Waals surface area contributed by atoms with Gasteiger partial charge in [-0.25, -0.2) is 4.98 Å². The van der Waals surface area contributed by atoms with Crippen LogP contribution in [0.5, 0.6) is 11.6 Å². The number of nitrogens with zero attached hydrogens (tertiary/aromatic N) is 3. The molecule has 0 aromatic carbocycles. The largest absolute Gasteiger partial charge is 0.437 e. The number of hydrogen-bond acceptors (Lipinski definition) is 4. The number of hydrogen-bond donors (Lipinski definition) is 0. The smallest absolute Gasteiger partial charge is 0.223 e. The lowest BCUT2D eigenvalue weighted by molar-refractivity contribution is 0.454. The van der Waals surface area contributed by atoms with E-state index in [1.54, 1.807) is 18.5 Å². The molecule has 2 aromatic rings. The molecule has 0 saturated heterocycles. The van der Waals surface area contributed by atoms with Crippen molar-refractivity contribution in [3.05, 3.63) is 41.0 Å². The second-order valence-electron chi connectivity index (χ2n) is 3.83. The van der Waals surface area contributed by atoms with Crippen LogP contribution in [-0.2, 0) is 0 Å². The van der Waals surface area contributed by atoms with Crippen molar-refractivity contribution in [2.45, 2.75) is 19.8 Å². The van der Waals surface area contributed by atoms with Gasteiger partial charge in [0.25, 0.3) is 0 Å². The summed E-state index contributed by atoms with van der Waals surface area (Å²) in [5.41, 5.74) is 0. The van der Waals surface area contributed by atoms with Crippen LogP contribution >= 0.6 is 15.9 Å². The molecule has 0 saturated carbocycles. The molecule has 0 aliphatic carbocycles. The molecular weight excluding hydrogens is 282 g/mol. The molecule has 2 aromatic heterocycles. The van der Waals surface area contributed by atoms with E-state index in [0.29, 0.717) is 11.6 Å². The van der Waals surface area contributed by atoms with Gasteiger partial charge in [-0.2, -0.15) is 4.98 Å². The van der Waals surface area contributed by atoms with Crippen LogP contribution < -0.4 is 4.74 Å². The Hall–Kier alpha value is -1.49. The maximum Gasteiger partial charge on any atom is 0.223 e. The average Bonchev–Trinajstić information content (AvgIpc) is 2.29. The zero-order valence-corrected chi connectivity index (χ0v) is 11.2. The lowest BCUT2D eigenvalue weighted by Crippen LogP contribution is -1.99. The molecule has 2 heterocycles. The second-order valence-corrected chi connectivity index (χ2v) is 4.65. The number of rotatable bonds is 3. The highest BCUT2D eigenvalue weighted by Crippen LogP contribution is 2.23. The predicted octanol–water partition coefficient (Wildman–Crippen LogP) is 3.55. The number of pyridine rings is 1. The van der Waals surface area contributed by atoms with Crippen LogP contribution in [0.25, 0.3) is 0 Å². The van der Waals surface area contributed by atoms with Crippen LogP contribution in [0.1, 0.15) is 25.6 Å². The van der Waals surface area contributed by atoms with E-state index in [-0.39, 0.29) is 5.92 Å². The van der Waals surface area contributed by atoms with Crippen molar-refractivity contribution in [1.29, 1.82) is 0 Å². The molecule has 0 unspecified atom stereocenters. The Morgan fingerprint density at radius 1 is 1.29 bits per heavy atom. The van der Waals surface area contributed by atoms with Crippen molar-refractivity contribution in [3.63, 3.8) is 0 Å². The van der Waals surface area contributed by atoms with Gasteiger partial charge in [0.1, 0.15) is 16.2 Å². The molecule has 0 aliphatic heterocycles. The van der Waals surface area contributed by atoms with Crippen LogP contribution in [0.2, 0.25) is 0 Å². The lowest BCUT2D eigenvalue weighted by atomic mass is 10.2. The molecular formula is C12H12BrN3O. The molecule has 2 rings (SSSR count). The molecule has 0 radical (unpaired) electrons. The third-order valence-corrected chi connectivity index (χ3v) is 2.47. The van der Waals surface area contributed by atoms with Crippen molar-refractivity contribution in [2.24, 2.45) is 0 Å². The van der Waals surface area contributed by atoms with Crippen LogP contribution in [-0.4, -0.2) is 15.0 Å². The van der Waals surface area contributed by atoms with Crippen molar-refractivity contribution in [3.8, 4) is 11.6 Å². The van der Waals surface area contributed by atoms with E-state index in [4.69, 9.17) is 4.74 Å². The Kier molecular flexibility index (Phi) is 3.68. The van der Waals surface area contributed by atoms with Gasteiger partial charge in [-0.05, 0) is 28.1 Å². The first-order chi connectivity index (χ1) is 8.15. The Bertz CT molecular complexity index is 502. The average molecular weight is 294 g/mol. The highest BCUT2D eigenvalue weighted by molar-refractivity contribution is 9.10. The Balaban J connectivity index is 2.27. The summed E-state index contributed by atoms with van der Waals surface area (Å²) in [6, 6.07) is 5.38. The molecule has 0 bridgehead atoms. The number of halogens is 1. The molecule has 0 N–H and O–H groups in total. The van der Waals surface area contributed by atoms with Crippen molar-refractivity contribution >= 4 is 15.9 Å². The minimum Gasteiger partial charge on any atom is -0.437 e. The molecule has 0 fully saturated rings. The molecule has 0 amide bonds. The summed E-state index contributed by atoms with van der Waals surface area (Å²) in [6.07, 6.45) is 3.34. The lowest BCUT2D eigenvalue weighted by Gasteiger charge is -2.08. The van der Waals surface area contributed by atoms with Crippen LogP contribution in [0.15, 0.2) is 35.2 Å². The van der Waals surface area contributed by atoms with Crippen LogP contribution in [0.4, 0.5) is 0 Å². The molecule has 0 aliphatic rings. The van der Waals surface area contributed by atoms with E-state index in [1.165, 1.54) is 0 Å². The molecule has 0 atom stereocenters. The van der Waals surface area contributed by atoms with Crippen LogP contribution in [0, 0.1) is 0 Å². The zero-order chi connectivity index (χ0) is 12.3. The minimum absolute atomic E-state index is 0.253. The Labute approximate surface area is 108 Å². The summed E-state index contributed by atoms with van der Waals surface area (Å²) >= 11 is 3.35. The first-order valence-electron chi connectivity index (χ1n) is 5.27.